The van der Waals surface area contributed by atoms with Gasteiger partial charge in [-0.15, -0.1) is 0 Å². The third-order valence-electron chi connectivity index (χ3n) is 5.24. The Morgan fingerprint density at radius 3 is 2.20 bits per heavy atom. The van der Waals surface area contributed by atoms with E-state index in [4.69, 9.17) is 0 Å². The van der Waals surface area contributed by atoms with Crippen molar-refractivity contribution >= 4 is 0 Å². The molecule has 1 saturated carbocycles. The first kappa shape index (κ1) is 15.6. The lowest BCUT2D eigenvalue weighted by molar-refractivity contribution is 0.187. The number of hydrogen-bond acceptors (Lipinski definition) is 1. The minimum atomic E-state index is 0.489. The van der Waals surface area contributed by atoms with Gasteiger partial charge in [-0.2, -0.15) is 0 Å². The summed E-state index contributed by atoms with van der Waals surface area (Å²) in [6.45, 7) is 8.00. The predicted molar refractivity (Wildman–Crippen MR) is 88.0 cm³/mol. The fourth-order valence-corrected chi connectivity index (χ4v) is 3.85. The topological polar surface area (TPSA) is 12.0 Å². The second-order valence-electron chi connectivity index (χ2n) is 6.41. The molecule has 1 aromatic carbocycles. The minimum Gasteiger partial charge on any atom is -0.309 e. The van der Waals surface area contributed by atoms with Crippen LogP contribution < -0.4 is 5.32 Å². The lowest BCUT2D eigenvalue weighted by Gasteiger charge is -2.38. The van der Waals surface area contributed by atoms with Crippen molar-refractivity contribution in [3.8, 4) is 0 Å². The SMILES string of the molecule is CCCNC(c1ccc(CC)cc1)C1(CC)CCCC1. The average molecular weight is 273 g/mol. The van der Waals surface area contributed by atoms with Gasteiger partial charge in [-0.1, -0.05) is 57.9 Å². The Morgan fingerprint density at radius 2 is 1.70 bits per heavy atom. The molecule has 1 unspecified atom stereocenters. The standard InChI is InChI=1S/C19H31N/c1-4-15-20-18(19(6-3)13-7-8-14-19)17-11-9-16(5-2)10-12-17/h9-12,18,20H,4-8,13-15H2,1-3H3. The predicted octanol–water partition coefficient (Wildman–Crippen LogP) is 5.26. The molecule has 0 bridgehead atoms. The van der Waals surface area contributed by atoms with Crippen LogP contribution in [0.5, 0.6) is 0 Å². The van der Waals surface area contributed by atoms with E-state index < -0.39 is 0 Å². The van der Waals surface area contributed by atoms with Crippen LogP contribution in [-0.2, 0) is 6.42 Å². The maximum absolute atomic E-state index is 3.86. The molecule has 0 spiro atoms. The number of rotatable bonds is 7. The van der Waals surface area contributed by atoms with E-state index >= 15 is 0 Å². The smallest absolute Gasteiger partial charge is 0.0377 e. The van der Waals surface area contributed by atoms with Gasteiger partial charge >= 0.3 is 0 Å². The quantitative estimate of drug-likeness (QED) is 0.714. The summed E-state index contributed by atoms with van der Waals surface area (Å²) >= 11 is 0. The highest BCUT2D eigenvalue weighted by molar-refractivity contribution is 5.27. The van der Waals surface area contributed by atoms with Gasteiger partial charge in [-0.25, -0.2) is 0 Å². The average Bonchev–Trinajstić information content (AvgIpc) is 2.98. The molecule has 112 valence electrons. The van der Waals surface area contributed by atoms with E-state index in [9.17, 15) is 0 Å². The van der Waals surface area contributed by atoms with Crippen molar-refractivity contribution in [1.29, 1.82) is 0 Å². The molecule has 1 N–H and O–H groups in total. The van der Waals surface area contributed by atoms with Crippen molar-refractivity contribution in [2.45, 2.75) is 71.8 Å². The molecule has 2 rings (SSSR count). The molecular weight excluding hydrogens is 242 g/mol. The second kappa shape index (κ2) is 7.26. The molecule has 0 saturated heterocycles. The Labute approximate surface area is 125 Å². The molecule has 1 heteroatoms. The lowest BCUT2D eigenvalue weighted by Crippen LogP contribution is -2.36. The van der Waals surface area contributed by atoms with E-state index in [1.54, 1.807) is 0 Å². The Hall–Kier alpha value is -0.820. The molecule has 1 nitrogen and oxygen atoms in total. The fraction of sp³-hybridized carbons (Fsp3) is 0.684. The van der Waals surface area contributed by atoms with E-state index in [1.807, 2.05) is 0 Å². The van der Waals surface area contributed by atoms with E-state index in [0.29, 0.717) is 11.5 Å². The zero-order valence-corrected chi connectivity index (χ0v) is 13.5. The maximum atomic E-state index is 3.86. The van der Waals surface area contributed by atoms with E-state index in [2.05, 4.69) is 50.4 Å². The van der Waals surface area contributed by atoms with Gasteiger partial charge in [0, 0.05) is 6.04 Å². The molecule has 0 amide bonds. The lowest BCUT2D eigenvalue weighted by atomic mass is 9.73. The van der Waals surface area contributed by atoms with Gasteiger partial charge in [0.25, 0.3) is 0 Å². The largest absolute Gasteiger partial charge is 0.309 e. The first-order chi connectivity index (χ1) is 9.75. The van der Waals surface area contributed by atoms with Gasteiger partial charge < -0.3 is 5.32 Å². The van der Waals surface area contributed by atoms with Crippen molar-refractivity contribution in [3.05, 3.63) is 35.4 Å². The van der Waals surface area contributed by atoms with Crippen molar-refractivity contribution < 1.29 is 0 Å². The third kappa shape index (κ3) is 3.25. The molecule has 1 atom stereocenters. The third-order valence-corrected chi connectivity index (χ3v) is 5.24. The summed E-state index contributed by atoms with van der Waals surface area (Å²) in [5.74, 6) is 0. The van der Waals surface area contributed by atoms with Crippen molar-refractivity contribution in [1.82, 2.24) is 5.32 Å². The fourth-order valence-electron chi connectivity index (χ4n) is 3.85. The van der Waals surface area contributed by atoms with Gasteiger partial charge in [-0.05, 0) is 55.2 Å². The van der Waals surface area contributed by atoms with Crippen LogP contribution >= 0.6 is 0 Å². The number of aryl methyl sites for hydroxylation is 1. The molecule has 0 radical (unpaired) electrons. The molecule has 1 aromatic rings. The zero-order valence-electron chi connectivity index (χ0n) is 13.5. The second-order valence-corrected chi connectivity index (χ2v) is 6.41. The molecule has 0 aromatic heterocycles. The Balaban J connectivity index is 2.25. The van der Waals surface area contributed by atoms with Gasteiger partial charge in [0.05, 0.1) is 0 Å². The van der Waals surface area contributed by atoms with Crippen LogP contribution in [0.1, 0.15) is 76.5 Å². The number of nitrogens with one attached hydrogen (secondary N) is 1. The summed E-state index contributed by atoms with van der Waals surface area (Å²) in [6, 6.07) is 9.90. The van der Waals surface area contributed by atoms with E-state index in [0.717, 1.165) is 13.0 Å². The molecule has 20 heavy (non-hydrogen) atoms. The summed E-state index contributed by atoms with van der Waals surface area (Å²) < 4.78 is 0. The molecular formula is C19H31N. The van der Waals surface area contributed by atoms with Crippen LogP contribution in [0.15, 0.2) is 24.3 Å². The van der Waals surface area contributed by atoms with Gasteiger partial charge in [0.15, 0.2) is 0 Å². The van der Waals surface area contributed by atoms with Crippen LogP contribution in [0.4, 0.5) is 0 Å². The highest BCUT2D eigenvalue weighted by Gasteiger charge is 2.40. The number of hydrogen-bond donors (Lipinski definition) is 1. The molecule has 0 heterocycles. The first-order valence-corrected chi connectivity index (χ1v) is 8.58. The van der Waals surface area contributed by atoms with Crippen molar-refractivity contribution in [3.63, 3.8) is 0 Å². The van der Waals surface area contributed by atoms with Crippen molar-refractivity contribution in [2.24, 2.45) is 5.41 Å². The Morgan fingerprint density at radius 1 is 1.05 bits per heavy atom. The highest BCUT2D eigenvalue weighted by atomic mass is 14.9. The summed E-state index contributed by atoms with van der Waals surface area (Å²) in [6.07, 6.45) is 9.23. The summed E-state index contributed by atoms with van der Waals surface area (Å²) in [4.78, 5) is 0. The Kier molecular flexibility index (Phi) is 5.65. The monoisotopic (exact) mass is 273 g/mol. The normalized spacial score (nSPS) is 19.1. The minimum absolute atomic E-state index is 0.489. The van der Waals surface area contributed by atoms with Crippen LogP contribution in [0.3, 0.4) is 0 Å². The Bertz CT molecular complexity index is 387. The van der Waals surface area contributed by atoms with Gasteiger partial charge in [0.2, 0.25) is 0 Å². The highest BCUT2D eigenvalue weighted by Crippen LogP contribution is 2.50. The van der Waals surface area contributed by atoms with E-state index in [-0.39, 0.29) is 0 Å². The maximum Gasteiger partial charge on any atom is 0.0377 e. The van der Waals surface area contributed by atoms with Crippen molar-refractivity contribution in [2.75, 3.05) is 6.54 Å². The van der Waals surface area contributed by atoms with Gasteiger partial charge in [-0.3, -0.25) is 0 Å². The summed E-state index contributed by atoms with van der Waals surface area (Å²) in [7, 11) is 0. The molecule has 1 aliphatic carbocycles. The van der Waals surface area contributed by atoms with E-state index in [1.165, 1.54) is 49.7 Å². The van der Waals surface area contributed by atoms with Crippen LogP contribution in [0, 0.1) is 5.41 Å². The van der Waals surface area contributed by atoms with Crippen LogP contribution in [0.25, 0.3) is 0 Å². The summed E-state index contributed by atoms with van der Waals surface area (Å²) in [5.41, 5.74) is 3.43. The van der Waals surface area contributed by atoms with Crippen LogP contribution in [-0.4, -0.2) is 6.54 Å². The first-order valence-electron chi connectivity index (χ1n) is 8.58. The van der Waals surface area contributed by atoms with Crippen LogP contribution in [0.2, 0.25) is 0 Å². The number of benzene rings is 1. The molecule has 1 aliphatic rings. The molecule has 0 aliphatic heterocycles. The molecule has 1 fully saturated rings. The van der Waals surface area contributed by atoms with Gasteiger partial charge in [0.1, 0.15) is 0 Å². The zero-order chi connectivity index (χ0) is 14.4. The summed E-state index contributed by atoms with van der Waals surface area (Å²) in [5, 5.41) is 3.86.